The zero-order valence-electron chi connectivity index (χ0n) is 11.5. The second-order valence-corrected chi connectivity index (χ2v) is 5.29. The first-order chi connectivity index (χ1) is 9.24. The minimum atomic E-state index is 0.194. The van der Waals surface area contributed by atoms with E-state index in [1.54, 1.807) is 0 Å². The standard InChI is InChI=1S/C15H23N3O/c1-2-12-6-5-9-18(10-12)11-13-7-3-4-8-14(13)15(16)17-19/h3-4,7-8,12,19H,2,5-6,9-11H2,1H3,(H2,16,17). The van der Waals surface area contributed by atoms with Crippen LogP contribution in [0.1, 0.15) is 37.3 Å². The highest BCUT2D eigenvalue weighted by molar-refractivity contribution is 5.98. The molecule has 1 aliphatic rings. The molecule has 3 N–H and O–H groups in total. The van der Waals surface area contributed by atoms with Crippen LogP contribution in [0.3, 0.4) is 0 Å². The Hall–Kier alpha value is -1.55. The number of hydrogen-bond donors (Lipinski definition) is 2. The van der Waals surface area contributed by atoms with Crippen molar-refractivity contribution in [3.8, 4) is 0 Å². The van der Waals surface area contributed by atoms with Gasteiger partial charge in [0.15, 0.2) is 5.84 Å². The molecule has 1 atom stereocenters. The van der Waals surface area contributed by atoms with Crippen molar-refractivity contribution >= 4 is 5.84 Å². The number of likely N-dealkylation sites (tertiary alicyclic amines) is 1. The maximum Gasteiger partial charge on any atom is 0.170 e. The molecule has 0 aromatic heterocycles. The van der Waals surface area contributed by atoms with Gasteiger partial charge in [-0.15, -0.1) is 0 Å². The first kappa shape index (κ1) is 13.9. The Bertz CT molecular complexity index is 445. The first-order valence-electron chi connectivity index (χ1n) is 7.02. The number of oxime groups is 1. The quantitative estimate of drug-likeness (QED) is 0.379. The van der Waals surface area contributed by atoms with Gasteiger partial charge in [-0.3, -0.25) is 4.90 Å². The van der Waals surface area contributed by atoms with Crippen molar-refractivity contribution in [1.82, 2.24) is 4.90 Å². The molecule has 1 aliphatic heterocycles. The molecule has 1 heterocycles. The fourth-order valence-corrected chi connectivity index (χ4v) is 2.83. The highest BCUT2D eigenvalue weighted by Gasteiger charge is 2.19. The Balaban J connectivity index is 2.10. The van der Waals surface area contributed by atoms with Gasteiger partial charge in [-0.25, -0.2) is 0 Å². The lowest BCUT2D eigenvalue weighted by molar-refractivity contribution is 0.164. The summed E-state index contributed by atoms with van der Waals surface area (Å²) in [7, 11) is 0. The number of benzene rings is 1. The fraction of sp³-hybridized carbons (Fsp3) is 0.533. The molecule has 0 spiro atoms. The maximum absolute atomic E-state index is 8.85. The summed E-state index contributed by atoms with van der Waals surface area (Å²) in [6.45, 7) is 5.43. The van der Waals surface area contributed by atoms with Gasteiger partial charge in [-0.2, -0.15) is 0 Å². The van der Waals surface area contributed by atoms with Crippen molar-refractivity contribution in [2.45, 2.75) is 32.7 Å². The number of nitrogens with two attached hydrogens (primary N) is 1. The third-order valence-corrected chi connectivity index (χ3v) is 3.98. The monoisotopic (exact) mass is 261 g/mol. The smallest absolute Gasteiger partial charge is 0.170 e. The van der Waals surface area contributed by atoms with Crippen molar-refractivity contribution in [3.05, 3.63) is 35.4 Å². The summed E-state index contributed by atoms with van der Waals surface area (Å²) in [6.07, 6.45) is 3.86. The molecule has 1 saturated heterocycles. The Labute approximate surface area is 114 Å². The molecule has 1 unspecified atom stereocenters. The van der Waals surface area contributed by atoms with Crippen LogP contribution >= 0.6 is 0 Å². The zero-order valence-corrected chi connectivity index (χ0v) is 11.5. The molecular formula is C15H23N3O. The summed E-state index contributed by atoms with van der Waals surface area (Å²) in [4.78, 5) is 2.47. The Morgan fingerprint density at radius 1 is 1.47 bits per heavy atom. The van der Waals surface area contributed by atoms with Gasteiger partial charge in [-0.1, -0.05) is 42.8 Å². The third-order valence-electron chi connectivity index (χ3n) is 3.98. The van der Waals surface area contributed by atoms with Gasteiger partial charge in [-0.05, 0) is 30.9 Å². The van der Waals surface area contributed by atoms with Gasteiger partial charge in [0.1, 0.15) is 0 Å². The minimum absolute atomic E-state index is 0.194. The second-order valence-electron chi connectivity index (χ2n) is 5.29. The van der Waals surface area contributed by atoms with Gasteiger partial charge >= 0.3 is 0 Å². The zero-order chi connectivity index (χ0) is 13.7. The molecule has 2 rings (SSSR count). The SMILES string of the molecule is CCC1CCCN(Cc2ccccc2/C(N)=N/O)C1. The van der Waals surface area contributed by atoms with Gasteiger partial charge < -0.3 is 10.9 Å². The molecule has 0 bridgehead atoms. The average Bonchev–Trinajstić information content (AvgIpc) is 2.47. The van der Waals surface area contributed by atoms with Crippen molar-refractivity contribution in [3.63, 3.8) is 0 Å². The van der Waals surface area contributed by atoms with Gasteiger partial charge in [0.25, 0.3) is 0 Å². The number of amidine groups is 1. The summed E-state index contributed by atoms with van der Waals surface area (Å²) in [5.41, 5.74) is 7.71. The number of piperidine rings is 1. The van der Waals surface area contributed by atoms with E-state index in [0.29, 0.717) is 0 Å². The van der Waals surface area contributed by atoms with E-state index in [4.69, 9.17) is 10.9 Å². The van der Waals surface area contributed by atoms with Crippen LogP contribution in [0.4, 0.5) is 0 Å². The predicted octanol–water partition coefficient (Wildman–Crippen LogP) is 2.40. The first-order valence-corrected chi connectivity index (χ1v) is 7.02. The van der Waals surface area contributed by atoms with Crippen LogP contribution in [-0.2, 0) is 6.54 Å². The highest BCUT2D eigenvalue weighted by Crippen LogP contribution is 2.21. The molecular weight excluding hydrogens is 238 g/mol. The van der Waals surface area contributed by atoms with Gasteiger partial charge in [0.2, 0.25) is 0 Å². The Morgan fingerprint density at radius 3 is 3.00 bits per heavy atom. The lowest BCUT2D eigenvalue weighted by Gasteiger charge is -2.32. The van der Waals surface area contributed by atoms with Crippen LogP contribution in [-0.4, -0.2) is 29.0 Å². The normalized spacial score (nSPS) is 21.5. The summed E-state index contributed by atoms with van der Waals surface area (Å²) in [5.74, 6) is 1.00. The molecule has 19 heavy (non-hydrogen) atoms. The Morgan fingerprint density at radius 2 is 2.26 bits per heavy atom. The van der Waals surface area contributed by atoms with Gasteiger partial charge in [0.05, 0.1) is 0 Å². The second kappa shape index (κ2) is 6.57. The van der Waals surface area contributed by atoms with E-state index in [0.717, 1.165) is 36.7 Å². The van der Waals surface area contributed by atoms with E-state index >= 15 is 0 Å². The summed E-state index contributed by atoms with van der Waals surface area (Å²) >= 11 is 0. The third kappa shape index (κ3) is 3.47. The minimum Gasteiger partial charge on any atom is -0.409 e. The molecule has 4 nitrogen and oxygen atoms in total. The lowest BCUT2D eigenvalue weighted by Crippen LogP contribution is -2.35. The molecule has 4 heteroatoms. The van der Waals surface area contributed by atoms with Crippen LogP contribution < -0.4 is 5.73 Å². The summed E-state index contributed by atoms with van der Waals surface area (Å²) in [6, 6.07) is 7.89. The van der Waals surface area contributed by atoms with Crippen molar-refractivity contribution in [2.75, 3.05) is 13.1 Å². The van der Waals surface area contributed by atoms with Crippen molar-refractivity contribution in [2.24, 2.45) is 16.8 Å². The molecule has 104 valence electrons. The number of nitrogens with zero attached hydrogens (tertiary/aromatic N) is 2. The Kier molecular flexibility index (Phi) is 4.80. The van der Waals surface area contributed by atoms with Gasteiger partial charge in [0, 0.05) is 18.7 Å². The largest absolute Gasteiger partial charge is 0.409 e. The van der Waals surface area contributed by atoms with Crippen LogP contribution in [0.2, 0.25) is 0 Å². The van der Waals surface area contributed by atoms with E-state index in [1.165, 1.54) is 19.3 Å². The maximum atomic E-state index is 8.85. The molecule has 1 aromatic carbocycles. The van der Waals surface area contributed by atoms with E-state index in [1.807, 2.05) is 18.2 Å². The molecule has 0 amide bonds. The lowest BCUT2D eigenvalue weighted by atomic mass is 9.95. The highest BCUT2D eigenvalue weighted by atomic mass is 16.4. The summed E-state index contributed by atoms with van der Waals surface area (Å²) in [5, 5.41) is 12.0. The summed E-state index contributed by atoms with van der Waals surface area (Å²) < 4.78 is 0. The van der Waals surface area contributed by atoms with E-state index in [-0.39, 0.29) is 5.84 Å². The predicted molar refractivity (Wildman–Crippen MR) is 77.2 cm³/mol. The number of hydrogen-bond acceptors (Lipinski definition) is 3. The average molecular weight is 261 g/mol. The molecule has 1 aromatic rings. The van der Waals surface area contributed by atoms with Crippen LogP contribution in [0, 0.1) is 5.92 Å². The van der Waals surface area contributed by atoms with Crippen LogP contribution in [0.25, 0.3) is 0 Å². The molecule has 0 aliphatic carbocycles. The topological polar surface area (TPSA) is 61.8 Å². The molecule has 0 radical (unpaired) electrons. The van der Waals surface area contributed by atoms with Crippen molar-refractivity contribution < 1.29 is 5.21 Å². The molecule has 1 fully saturated rings. The molecule has 0 saturated carbocycles. The van der Waals surface area contributed by atoms with Crippen LogP contribution in [0.5, 0.6) is 0 Å². The van der Waals surface area contributed by atoms with E-state index in [2.05, 4.69) is 23.0 Å². The van der Waals surface area contributed by atoms with Crippen molar-refractivity contribution in [1.29, 1.82) is 0 Å². The fourth-order valence-electron chi connectivity index (χ4n) is 2.83. The number of rotatable bonds is 4. The van der Waals surface area contributed by atoms with Crippen LogP contribution in [0.15, 0.2) is 29.4 Å². The van der Waals surface area contributed by atoms with E-state index in [9.17, 15) is 0 Å². The van der Waals surface area contributed by atoms with E-state index < -0.39 is 0 Å².